The van der Waals surface area contributed by atoms with Crippen molar-refractivity contribution in [1.29, 1.82) is 0 Å². The average molecular weight is 402 g/mol. The van der Waals surface area contributed by atoms with Crippen LogP contribution in [0.5, 0.6) is 0 Å². The number of halogens is 1. The first kappa shape index (κ1) is 18.2. The van der Waals surface area contributed by atoms with Gasteiger partial charge in [0.25, 0.3) is 0 Å². The van der Waals surface area contributed by atoms with Gasteiger partial charge in [0.2, 0.25) is 20.0 Å². The molecule has 0 saturated carbocycles. The Bertz CT molecular complexity index is 1020. The Balaban J connectivity index is 2.08. The van der Waals surface area contributed by atoms with Crippen LogP contribution in [0, 0.1) is 0 Å². The Hall–Kier alpha value is -1.65. The summed E-state index contributed by atoms with van der Waals surface area (Å²) < 4.78 is 50.0. The van der Waals surface area contributed by atoms with Gasteiger partial charge in [0.05, 0.1) is 16.9 Å². The van der Waals surface area contributed by atoms with E-state index in [0.717, 1.165) is 11.6 Å². The standard InChI is InChI=1S/C15H16ClN3O4S2/c1-19-15(7-10-5-3-2-4-6-10)18-12-8-11(16)13(24(17,20)21)9-14(12)25(19,22)23/h2-6,8-9,15,18H,7H2,1H3,(H2,17,20,21). The Morgan fingerprint density at radius 3 is 2.48 bits per heavy atom. The number of nitrogens with one attached hydrogen (secondary N) is 1. The summed E-state index contributed by atoms with van der Waals surface area (Å²) in [4.78, 5) is -0.596. The number of nitrogens with zero attached hydrogens (tertiary/aromatic N) is 1. The third-order valence-electron chi connectivity index (χ3n) is 4.03. The molecule has 0 aromatic heterocycles. The molecule has 1 aliphatic heterocycles. The van der Waals surface area contributed by atoms with E-state index in [4.69, 9.17) is 16.7 Å². The number of likely N-dealkylation sites (N-methyl/N-ethyl adjacent to an activating group) is 1. The summed E-state index contributed by atoms with van der Waals surface area (Å²) >= 11 is 5.98. The minimum absolute atomic E-state index is 0.132. The van der Waals surface area contributed by atoms with E-state index in [2.05, 4.69) is 5.32 Å². The van der Waals surface area contributed by atoms with E-state index in [1.807, 2.05) is 30.3 Å². The highest BCUT2D eigenvalue weighted by Crippen LogP contribution is 2.37. The second kappa shape index (κ2) is 6.26. The Morgan fingerprint density at radius 2 is 1.88 bits per heavy atom. The number of benzene rings is 2. The van der Waals surface area contributed by atoms with Crippen LogP contribution in [0.1, 0.15) is 5.56 Å². The molecule has 2 aromatic carbocycles. The molecule has 0 radical (unpaired) electrons. The molecular weight excluding hydrogens is 386 g/mol. The molecule has 7 nitrogen and oxygen atoms in total. The molecule has 10 heteroatoms. The predicted molar refractivity (Wildman–Crippen MR) is 95.3 cm³/mol. The average Bonchev–Trinajstić information content (AvgIpc) is 2.52. The molecule has 1 unspecified atom stereocenters. The van der Waals surface area contributed by atoms with Crippen LogP contribution < -0.4 is 10.5 Å². The smallest absolute Gasteiger partial charge is 0.246 e. The Labute approximate surface area is 151 Å². The number of primary sulfonamides is 1. The van der Waals surface area contributed by atoms with Crippen molar-refractivity contribution >= 4 is 37.3 Å². The first-order chi connectivity index (χ1) is 11.6. The van der Waals surface area contributed by atoms with Crippen molar-refractivity contribution in [1.82, 2.24) is 4.31 Å². The highest BCUT2D eigenvalue weighted by atomic mass is 35.5. The quantitative estimate of drug-likeness (QED) is 0.811. The van der Waals surface area contributed by atoms with Gasteiger partial charge in [0, 0.05) is 13.5 Å². The third kappa shape index (κ3) is 3.38. The van der Waals surface area contributed by atoms with Gasteiger partial charge >= 0.3 is 0 Å². The summed E-state index contributed by atoms with van der Waals surface area (Å²) in [6.45, 7) is 0. The topological polar surface area (TPSA) is 110 Å². The third-order valence-corrected chi connectivity index (χ3v) is 7.31. The van der Waals surface area contributed by atoms with Crippen molar-refractivity contribution in [2.75, 3.05) is 12.4 Å². The maximum atomic E-state index is 12.8. The largest absolute Gasteiger partial charge is 0.367 e. The number of hydrogen-bond donors (Lipinski definition) is 2. The molecule has 0 saturated heterocycles. The zero-order valence-corrected chi connectivity index (χ0v) is 15.6. The van der Waals surface area contributed by atoms with E-state index in [0.29, 0.717) is 6.42 Å². The summed E-state index contributed by atoms with van der Waals surface area (Å²) in [5, 5.41) is 8.07. The molecule has 0 aliphatic carbocycles. The number of nitrogens with two attached hydrogens (primary N) is 1. The van der Waals surface area contributed by atoms with Crippen molar-refractivity contribution in [3.63, 3.8) is 0 Å². The lowest BCUT2D eigenvalue weighted by Gasteiger charge is -2.35. The monoisotopic (exact) mass is 401 g/mol. The number of rotatable bonds is 3. The molecule has 0 bridgehead atoms. The summed E-state index contributed by atoms with van der Waals surface area (Å²) in [5.41, 5.74) is 1.20. The normalized spacial score (nSPS) is 19.9. The van der Waals surface area contributed by atoms with Gasteiger partial charge in [0.1, 0.15) is 9.79 Å². The molecule has 134 valence electrons. The molecule has 0 fully saturated rings. The maximum Gasteiger partial charge on any atom is 0.246 e. The first-order valence-electron chi connectivity index (χ1n) is 7.25. The summed E-state index contributed by atoms with van der Waals surface area (Å²) in [5.74, 6) is 0. The van der Waals surface area contributed by atoms with E-state index >= 15 is 0 Å². The van der Waals surface area contributed by atoms with Crippen molar-refractivity contribution in [2.24, 2.45) is 5.14 Å². The van der Waals surface area contributed by atoms with Gasteiger partial charge in [-0.3, -0.25) is 0 Å². The molecule has 1 heterocycles. The number of sulfonamides is 2. The van der Waals surface area contributed by atoms with Crippen molar-refractivity contribution in [3.05, 3.63) is 53.1 Å². The SMILES string of the molecule is CN1C(Cc2ccccc2)Nc2cc(Cl)c(S(N)(=O)=O)cc2S1(=O)=O. The lowest BCUT2D eigenvalue weighted by Crippen LogP contribution is -2.47. The molecule has 0 amide bonds. The number of hydrogen-bond acceptors (Lipinski definition) is 5. The fourth-order valence-electron chi connectivity index (χ4n) is 2.69. The minimum atomic E-state index is -4.14. The Kier molecular flexibility index (Phi) is 4.54. The molecule has 3 N–H and O–H groups in total. The second-order valence-electron chi connectivity index (χ2n) is 5.69. The Morgan fingerprint density at radius 1 is 1.24 bits per heavy atom. The fourth-order valence-corrected chi connectivity index (χ4v) is 5.30. The summed E-state index contributed by atoms with van der Waals surface area (Å²) in [6, 6.07) is 11.7. The van der Waals surface area contributed by atoms with Gasteiger partial charge in [-0.25, -0.2) is 22.0 Å². The number of fused-ring (bicyclic) bond motifs is 1. The zero-order chi connectivity index (χ0) is 18.4. The van der Waals surface area contributed by atoms with Crippen LogP contribution in [0.15, 0.2) is 52.3 Å². The van der Waals surface area contributed by atoms with E-state index in [9.17, 15) is 16.8 Å². The molecule has 1 aliphatic rings. The van der Waals surface area contributed by atoms with Gasteiger partial charge in [-0.05, 0) is 17.7 Å². The van der Waals surface area contributed by atoms with E-state index in [-0.39, 0.29) is 15.6 Å². The lowest BCUT2D eigenvalue weighted by molar-refractivity contribution is 0.386. The maximum absolute atomic E-state index is 12.8. The van der Waals surface area contributed by atoms with Crippen LogP contribution in [0.2, 0.25) is 5.02 Å². The molecule has 0 spiro atoms. The van der Waals surface area contributed by atoms with E-state index in [1.165, 1.54) is 17.4 Å². The summed E-state index contributed by atoms with van der Waals surface area (Å²) in [6.07, 6.45) is -0.0961. The molecule has 3 rings (SSSR count). The molecule has 25 heavy (non-hydrogen) atoms. The van der Waals surface area contributed by atoms with Gasteiger partial charge in [-0.15, -0.1) is 0 Å². The predicted octanol–water partition coefficient (Wildman–Crippen LogP) is 1.60. The van der Waals surface area contributed by atoms with Crippen LogP contribution in [-0.4, -0.2) is 34.4 Å². The van der Waals surface area contributed by atoms with Crippen molar-refractivity contribution in [3.8, 4) is 0 Å². The number of anilines is 1. The molecule has 2 aromatic rings. The van der Waals surface area contributed by atoms with Crippen molar-refractivity contribution < 1.29 is 16.8 Å². The van der Waals surface area contributed by atoms with Gasteiger partial charge < -0.3 is 5.32 Å². The van der Waals surface area contributed by atoms with E-state index in [1.54, 1.807) is 0 Å². The first-order valence-corrected chi connectivity index (χ1v) is 10.6. The minimum Gasteiger partial charge on any atom is -0.367 e. The zero-order valence-electron chi connectivity index (χ0n) is 13.2. The highest BCUT2D eigenvalue weighted by molar-refractivity contribution is 7.90. The van der Waals surface area contributed by atoms with E-state index < -0.39 is 31.1 Å². The van der Waals surface area contributed by atoms with Crippen molar-refractivity contribution in [2.45, 2.75) is 22.4 Å². The molecular formula is C15H16ClN3O4S2. The van der Waals surface area contributed by atoms with Crippen LogP contribution in [0.25, 0.3) is 0 Å². The lowest BCUT2D eigenvalue weighted by atomic mass is 10.1. The highest BCUT2D eigenvalue weighted by Gasteiger charge is 2.37. The van der Waals surface area contributed by atoms with Crippen LogP contribution >= 0.6 is 11.6 Å². The second-order valence-corrected chi connectivity index (χ2v) is 9.60. The van der Waals surface area contributed by atoms with Crippen LogP contribution in [-0.2, 0) is 26.5 Å². The summed E-state index contributed by atoms with van der Waals surface area (Å²) in [7, 11) is -6.60. The van der Waals surface area contributed by atoms with Gasteiger partial charge in [-0.1, -0.05) is 41.9 Å². The van der Waals surface area contributed by atoms with Crippen LogP contribution in [0.4, 0.5) is 5.69 Å². The van der Waals surface area contributed by atoms with Gasteiger partial charge in [0.15, 0.2) is 0 Å². The van der Waals surface area contributed by atoms with Gasteiger partial charge in [-0.2, -0.15) is 4.31 Å². The fraction of sp³-hybridized carbons (Fsp3) is 0.200. The molecule has 1 atom stereocenters. The van der Waals surface area contributed by atoms with Crippen LogP contribution in [0.3, 0.4) is 0 Å².